The van der Waals surface area contributed by atoms with E-state index in [9.17, 15) is 18.3 Å². The van der Waals surface area contributed by atoms with Crippen LogP contribution in [0.3, 0.4) is 0 Å². The number of amides is 2. The van der Waals surface area contributed by atoms with Crippen LogP contribution in [0.25, 0.3) is 0 Å². The third-order valence-corrected chi connectivity index (χ3v) is 9.73. The van der Waals surface area contributed by atoms with Gasteiger partial charge in [0.1, 0.15) is 0 Å². The fourth-order valence-electron chi connectivity index (χ4n) is 5.44. The molecule has 0 unspecified atom stereocenters. The van der Waals surface area contributed by atoms with Crippen molar-refractivity contribution in [3.63, 3.8) is 0 Å². The lowest BCUT2D eigenvalue weighted by Gasteiger charge is -2.31. The molecule has 2 aliphatic heterocycles. The number of unbranched alkanes of at least 4 members (excludes halogenated alkanes) is 1. The lowest BCUT2D eigenvalue weighted by molar-refractivity contribution is 0.167. The summed E-state index contributed by atoms with van der Waals surface area (Å²) in [7, 11) is -3.85. The van der Waals surface area contributed by atoms with Crippen molar-refractivity contribution in [1.29, 1.82) is 0 Å². The largest absolute Gasteiger partial charge is 0.454 e. The van der Waals surface area contributed by atoms with E-state index >= 15 is 0 Å². The SMILES string of the molecule is CC(C)CN([C@H](CO)CCCCNC(=O)N(Cc1ccc2c(c1)OCO2)Cc1ccc2c(c1)OCO2)S(=O)(=O)c1ccc(N)cc1. The Balaban J connectivity index is 1.20. The number of nitrogens with two attached hydrogens (primary N) is 1. The zero-order valence-corrected chi connectivity index (χ0v) is 27.0. The Kier molecular flexibility index (Phi) is 10.8. The lowest BCUT2D eigenvalue weighted by Crippen LogP contribution is -2.44. The van der Waals surface area contributed by atoms with Gasteiger partial charge in [0.25, 0.3) is 0 Å². The standard InChI is InChI=1S/C33H42N4O8S/c1-23(2)17-37(46(40,41)28-10-8-26(34)9-11-28)27(20-38)5-3-4-14-35-33(39)36(18-24-6-12-29-31(15-24)44-21-42-29)19-25-7-13-30-32(16-25)45-22-43-30/h6-13,15-16,23,27,38H,3-5,14,17-22,34H2,1-2H3,(H,35,39)/t27-/m0/s1. The van der Waals surface area contributed by atoms with Crippen LogP contribution in [0.1, 0.15) is 44.2 Å². The van der Waals surface area contributed by atoms with Gasteiger partial charge >= 0.3 is 6.03 Å². The van der Waals surface area contributed by atoms with Crippen LogP contribution in [0.5, 0.6) is 23.0 Å². The fourth-order valence-corrected chi connectivity index (χ4v) is 7.25. The number of carbonyl (C=O) groups is 1. The van der Waals surface area contributed by atoms with Crippen molar-refractivity contribution in [3.8, 4) is 23.0 Å². The van der Waals surface area contributed by atoms with Crippen LogP contribution < -0.4 is 30.0 Å². The predicted molar refractivity (Wildman–Crippen MR) is 172 cm³/mol. The molecular formula is C33H42N4O8S. The van der Waals surface area contributed by atoms with Crippen LogP contribution >= 0.6 is 0 Å². The van der Waals surface area contributed by atoms with Gasteiger partial charge in [-0.05, 0) is 78.4 Å². The van der Waals surface area contributed by atoms with Crippen molar-refractivity contribution >= 4 is 21.7 Å². The average molecular weight is 655 g/mol. The average Bonchev–Trinajstić information content (AvgIpc) is 3.70. The summed E-state index contributed by atoms with van der Waals surface area (Å²) in [5.41, 5.74) is 8.01. The lowest BCUT2D eigenvalue weighted by atomic mass is 10.1. The van der Waals surface area contributed by atoms with Crippen LogP contribution in [0, 0.1) is 5.92 Å². The van der Waals surface area contributed by atoms with E-state index in [2.05, 4.69) is 5.32 Å². The van der Waals surface area contributed by atoms with Gasteiger partial charge < -0.3 is 40.0 Å². The summed E-state index contributed by atoms with van der Waals surface area (Å²) in [5, 5.41) is 13.3. The number of aliphatic hydroxyl groups is 1. The second-order valence-electron chi connectivity index (χ2n) is 11.8. The number of nitrogens with zero attached hydrogens (tertiary/aromatic N) is 2. The number of benzene rings is 3. The maximum atomic E-state index is 13.5. The van der Waals surface area contributed by atoms with E-state index in [0.717, 1.165) is 11.1 Å². The highest BCUT2D eigenvalue weighted by Gasteiger charge is 2.31. The van der Waals surface area contributed by atoms with Crippen molar-refractivity contribution in [2.45, 2.75) is 57.1 Å². The van der Waals surface area contributed by atoms with Gasteiger partial charge in [-0.15, -0.1) is 0 Å². The molecule has 2 amide bonds. The Labute approximate surface area is 270 Å². The number of carbonyl (C=O) groups excluding carboxylic acids is 1. The minimum absolute atomic E-state index is 0.0531. The zero-order valence-electron chi connectivity index (χ0n) is 26.2. The van der Waals surface area contributed by atoms with Crippen molar-refractivity contribution in [3.05, 3.63) is 71.8 Å². The van der Waals surface area contributed by atoms with E-state index in [1.807, 2.05) is 50.2 Å². The molecule has 3 aromatic carbocycles. The molecule has 12 nitrogen and oxygen atoms in total. The number of urea groups is 1. The highest BCUT2D eigenvalue weighted by molar-refractivity contribution is 7.89. The minimum atomic E-state index is -3.85. The van der Waals surface area contributed by atoms with Gasteiger partial charge in [0.15, 0.2) is 23.0 Å². The number of rotatable bonds is 15. The highest BCUT2D eigenvalue weighted by atomic mass is 32.2. The molecule has 248 valence electrons. The molecule has 0 fully saturated rings. The summed E-state index contributed by atoms with van der Waals surface area (Å²) in [4.78, 5) is 15.3. The minimum Gasteiger partial charge on any atom is -0.454 e. The van der Waals surface area contributed by atoms with Crippen LogP contribution in [-0.2, 0) is 23.1 Å². The van der Waals surface area contributed by atoms with Crippen molar-refractivity contribution < 1.29 is 37.3 Å². The van der Waals surface area contributed by atoms with Crippen molar-refractivity contribution in [2.75, 3.05) is 39.0 Å². The molecule has 46 heavy (non-hydrogen) atoms. The monoisotopic (exact) mass is 654 g/mol. The number of hydrogen-bond donors (Lipinski definition) is 3. The molecule has 0 saturated carbocycles. The Morgan fingerprint density at radius 2 is 1.43 bits per heavy atom. The molecule has 0 bridgehead atoms. The van der Waals surface area contributed by atoms with E-state index in [4.69, 9.17) is 24.7 Å². The van der Waals surface area contributed by atoms with Gasteiger partial charge in [0.05, 0.1) is 11.5 Å². The van der Waals surface area contributed by atoms with E-state index in [0.29, 0.717) is 67.6 Å². The number of aliphatic hydroxyl groups excluding tert-OH is 1. The molecule has 5 rings (SSSR count). The van der Waals surface area contributed by atoms with Gasteiger partial charge in [-0.25, -0.2) is 13.2 Å². The van der Waals surface area contributed by atoms with Crippen molar-refractivity contribution in [1.82, 2.24) is 14.5 Å². The summed E-state index contributed by atoms with van der Waals surface area (Å²) in [6, 6.07) is 16.5. The maximum Gasteiger partial charge on any atom is 0.318 e. The van der Waals surface area contributed by atoms with E-state index in [-0.39, 0.29) is 43.6 Å². The first kappa shape index (κ1) is 33.2. The topological polar surface area (TPSA) is 153 Å². The zero-order chi connectivity index (χ0) is 32.7. The van der Waals surface area contributed by atoms with Gasteiger partial charge in [0.2, 0.25) is 23.6 Å². The molecule has 0 spiro atoms. The predicted octanol–water partition coefficient (Wildman–Crippen LogP) is 4.32. The van der Waals surface area contributed by atoms with Crippen LogP contribution in [0.2, 0.25) is 0 Å². The molecule has 2 heterocycles. The molecule has 1 atom stereocenters. The molecule has 0 aliphatic carbocycles. The maximum absolute atomic E-state index is 13.5. The first-order chi connectivity index (χ1) is 22.1. The number of hydrogen-bond acceptors (Lipinski definition) is 9. The Morgan fingerprint density at radius 3 is 1.98 bits per heavy atom. The molecule has 0 saturated heterocycles. The number of sulfonamides is 1. The number of nitrogens with one attached hydrogen (secondary N) is 1. The first-order valence-corrected chi connectivity index (χ1v) is 16.9. The molecule has 4 N–H and O–H groups in total. The van der Waals surface area contributed by atoms with Gasteiger partial charge in [-0.3, -0.25) is 0 Å². The smallest absolute Gasteiger partial charge is 0.318 e. The quantitative estimate of drug-likeness (QED) is 0.161. The van der Waals surface area contributed by atoms with Gasteiger partial charge in [0, 0.05) is 37.9 Å². The Bertz CT molecular complexity index is 1540. The highest BCUT2D eigenvalue weighted by Crippen LogP contribution is 2.34. The number of nitrogen functional groups attached to an aromatic ring is 1. The third kappa shape index (κ3) is 8.14. The van der Waals surface area contributed by atoms with Gasteiger partial charge in [-0.2, -0.15) is 4.31 Å². The summed E-state index contributed by atoms with van der Waals surface area (Å²) in [6.07, 6.45) is 1.63. The van der Waals surface area contributed by atoms with E-state index in [1.165, 1.54) is 16.4 Å². The van der Waals surface area contributed by atoms with Crippen molar-refractivity contribution in [2.24, 2.45) is 5.92 Å². The number of fused-ring (bicyclic) bond motifs is 2. The summed E-state index contributed by atoms with van der Waals surface area (Å²) in [6.45, 7) is 5.20. The summed E-state index contributed by atoms with van der Waals surface area (Å²) < 4.78 is 50.4. The molecule has 0 radical (unpaired) electrons. The second kappa shape index (κ2) is 14.9. The Morgan fingerprint density at radius 1 is 0.870 bits per heavy atom. The van der Waals surface area contributed by atoms with Crippen LogP contribution in [0.4, 0.5) is 10.5 Å². The number of anilines is 1. The Hall–Kier alpha value is -4.20. The summed E-state index contributed by atoms with van der Waals surface area (Å²) >= 11 is 0. The molecule has 2 aliphatic rings. The molecule has 3 aromatic rings. The summed E-state index contributed by atoms with van der Waals surface area (Å²) in [5.74, 6) is 2.68. The second-order valence-corrected chi connectivity index (χ2v) is 13.7. The van der Waals surface area contributed by atoms with Gasteiger partial charge in [-0.1, -0.05) is 32.4 Å². The molecule has 13 heteroatoms. The normalized spacial score (nSPS) is 14.1. The number of ether oxygens (including phenoxy) is 4. The van der Waals surface area contributed by atoms with Crippen LogP contribution in [-0.4, -0.2) is 68.1 Å². The molecular weight excluding hydrogens is 612 g/mol. The first-order valence-electron chi connectivity index (χ1n) is 15.4. The van der Waals surface area contributed by atoms with E-state index in [1.54, 1.807) is 17.0 Å². The van der Waals surface area contributed by atoms with E-state index < -0.39 is 16.1 Å². The van der Waals surface area contributed by atoms with Crippen LogP contribution in [0.15, 0.2) is 65.6 Å². The third-order valence-electron chi connectivity index (χ3n) is 7.80. The molecule has 0 aromatic heterocycles. The fraction of sp³-hybridized carbons (Fsp3) is 0.424.